The molecule has 0 aliphatic heterocycles. The minimum atomic E-state index is -0.106. The predicted molar refractivity (Wildman–Crippen MR) is 80.0 cm³/mol. The van der Waals surface area contributed by atoms with Crippen LogP contribution in [0, 0.1) is 5.41 Å². The zero-order chi connectivity index (χ0) is 15.2. The molecule has 4 nitrogen and oxygen atoms in total. The van der Waals surface area contributed by atoms with E-state index in [-0.39, 0.29) is 24.0 Å². The molecule has 0 aromatic heterocycles. The van der Waals surface area contributed by atoms with Crippen LogP contribution in [0.1, 0.15) is 44.5 Å². The van der Waals surface area contributed by atoms with Crippen molar-refractivity contribution in [3.05, 3.63) is 29.8 Å². The summed E-state index contributed by atoms with van der Waals surface area (Å²) in [7, 11) is 0. The third kappa shape index (κ3) is 5.61. The number of nitrogens with one attached hydrogen (secondary N) is 1. The fraction of sp³-hybridized carbons (Fsp3) is 0.562. The third-order valence-electron chi connectivity index (χ3n) is 3.00. The van der Waals surface area contributed by atoms with Crippen molar-refractivity contribution in [2.45, 2.75) is 40.2 Å². The van der Waals surface area contributed by atoms with Gasteiger partial charge in [0.25, 0.3) is 5.91 Å². The normalized spacial score (nSPS) is 11.5. The lowest BCUT2D eigenvalue weighted by Gasteiger charge is -2.23. The Hall–Kier alpha value is -1.55. The average Bonchev–Trinajstić information content (AvgIpc) is 2.36. The van der Waals surface area contributed by atoms with Gasteiger partial charge in [0.2, 0.25) is 0 Å². The third-order valence-corrected chi connectivity index (χ3v) is 3.00. The van der Waals surface area contributed by atoms with Crippen molar-refractivity contribution in [3.8, 4) is 5.75 Å². The van der Waals surface area contributed by atoms with Crippen molar-refractivity contribution < 1.29 is 14.6 Å². The van der Waals surface area contributed by atoms with Gasteiger partial charge in [-0.2, -0.15) is 0 Å². The van der Waals surface area contributed by atoms with Crippen molar-refractivity contribution >= 4 is 5.91 Å². The summed E-state index contributed by atoms with van der Waals surface area (Å²) in [6, 6.07) is 7.11. The Morgan fingerprint density at radius 2 is 1.90 bits per heavy atom. The molecule has 1 aromatic rings. The zero-order valence-corrected chi connectivity index (χ0v) is 12.8. The molecule has 0 radical (unpaired) electrons. The van der Waals surface area contributed by atoms with Crippen molar-refractivity contribution in [1.29, 1.82) is 0 Å². The van der Waals surface area contributed by atoms with E-state index in [1.807, 2.05) is 27.7 Å². The maximum atomic E-state index is 12.0. The van der Waals surface area contributed by atoms with E-state index in [9.17, 15) is 4.79 Å². The van der Waals surface area contributed by atoms with Crippen molar-refractivity contribution in [2.24, 2.45) is 5.41 Å². The molecular formula is C16H25NO3. The lowest BCUT2D eigenvalue weighted by molar-refractivity contribution is 0.0928. The van der Waals surface area contributed by atoms with E-state index >= 15 is 0 Å². The van der Waals surface area contributed by atoms with Crippen LogP contribution in [0.4, 0.5) is 0 Å². The zero-order valence-electron chi connectivity index (χ0n) is 12.8. The van der Waals surface area contributed by atoms with E-state index in [2.05, 4.69) is 5.32 Å². The van der Waals surface area contributed by atoms with Crippen LogP contribution in [0.25, 0.3) is 0 Å². The molecule has 0 bridgehead atoms. The van der Waals surface area contributed by atoms with Crippen molar-refractivity contribution in [3.63, 3.8) is 0 Å². The lowest BCUT2D eigenvalue weighted by Crippen LogP contribution is -2.34. The Morgan fingerprint density at radius 3 is 2.40 bits per heavy atom. The molecule has 0 saturated heterocycles. The highest BCUT2D eigenvalue weighted by Crippen LogP contribution is 2.18. The highest BCUT2D eigenvalue weighted by molar-refractivity contribution is 5.94. The summed E-state index contributed by atoms with van der Waals surface area (Å²) in [6.07, 6.45) is 0.781. The smallest absolute Gasteiger partial charge is 0.251 e. The highest BCUT2D eigenvalue weighted by Gasteiger charge is 2.18. The molecule has 0 heterocycles. The van der Waals surface area contributed by atoms with Gasteiger partial charge in [0.05, 0.1) is 6.10 Å². The molecule has 1 amide bonds. The quantitative estimate of drug-likeness (QED) is 0.806. The van der Waals surface area contributed by atoms with E-state index in [1.165, 1.54) is 0 Å². The summed E-state index contributed by atoms with van der Waals surface area (Å²) in [5, 5.41) is 11.9. The summed E-state index contributed by atoms with van der Waals surface area (Å²) in [5.74, 6) is 0.657. The van der Waals surface area contributed by atoms with Gasteiger partial charge in [-0.1, -0.05) is 13.8 Å². The molecule has 1 rings (SSSR count). The summed E-state index contributed by atoms with van der Waals surface area (Å²) in [6.45, 7) is 8.63. The van der Waals surface area contributed by atoms with Gasteiger partial charge in [-0.15, -0.1) is 0 Å². The Morgan fingerprint density at radius 1 is 1.30 bits per heavy atom. The molecule has 0 aliphatic rings. The van der Waals surface area contributed by atoms with Gasteiger partial charge in [-0.3, -0.25) is 4.79 Å². The molecule has 0 spiro atoms. The van der Waals surface area contributed by atoms with Gasteiger partial charge in [-0.25, -0.2) is 0 Å². The molecule has 112 valence electrons. The van der Waals surface area contributed by atoms with Gasteiger partial charge >= 0.3 is 0 Å². The molecular weight excluding hydrogens is 254 g/mol. The topological polar surface area (TPSA) is 58.6 Å². The summed E-state index contributed by atoms with van der Waals surface area (Å²) in [4.78, 5) is 12.0. The summed E-state index contributed by atoms with van der Waals surface area (Å²) in [5.41, 5.74) is 0.506. The maximum absolute atomic E-state index is 12.0. The van der Waals surface area contributed by atoms with E-state index in [4.69, 9.17) is 9.84 Å². The largest absolute Gasteiger partial charge is 0.491 e. The lowest BCUT2D eigenvalue weighted by atomic mass is 9.89. The number of carbonyl (C=O) groups is 1. The average molecular weight is 279 g/mol. The van der Waals surface area contributed by atoms with E-state index in [0.29, 0.717) is 18.5 Å². The standard InChI is InChI=1S/C16H25NO3/c1-12(2)20-14-7-5-13(6-8-14)15(19)17-11-16(3,4)9-10-18/h5-8,12,18H,9-11H2,1-4H3,(H,17,19). The van der Waals surface area contributed by atoms with Crippen molar-refractivity contribution in [2.75, 3.05) is 13.2 Å². The minimum Gasteiger partial charge on any atom is -0.491 e. The number of carbonyl (C=O) groups excluding carboxylic acids is 1. The number of amides is 1. The first-order chi connectivity index (χ1) is 9.34. The Balaban J connectivity index is 2.55. The van der Waals surface area contributed by atoms with Gasteiger partial charge in [0.15, 0.2) is 0 Å². The van der Waals surface area contributed by atoms with Crippen LogP contribution in [-0.2, 0) is 0 Å². The highest BCUT2D eigenvalue weighted by atomic mass is 16.5. The van der Waals surface area contributed by atoms with Gasteiger partial charge in [0, 0.05) is 18.7 Å². The van der Waals surface area contributed by atoms with Crippen LogP contribution in [0.5, 0.6) is 5.75 Å². The summed E-state index contributed by atoms with van der Waals surface area (Å²) >= 11 is 0. The fourth-order valence-electron chi connectivity index (χ4n) is 1.77. The Kier molecular flexibility index (Phi) is 6.02. The molecule has 20 heavy (non-hydrogen) atoms. The minimum absolute atomic E-state index is 0.105. The second-order valence-electron chi connectivity index (χ2n) is 6.01. The van der Waals surface area contributed by atoms with Crippen LogP contribution in [0.2, 0.25) is 0 Å². The second-order valence-corrected chi connectivity index (χ2v) is 6.01. The molecule has 0 saturated carbocycles. The molecule has 0 aliphatic carbocycles. The van der Waals surface area contributed by atoms with Gasteiger partial charge in [0.1, 0.15) is 5.75 Å². The fourth-order valence-corrected chi connectivity index (χ4v) is 1.77. The Bertz CT molecular complexity index is 424. The Labute approximate surface area is 121 Å². The van der Waals surface area contributed by atoms with E-state index in [0.717, 1.165) is 5.75 Å². The number of aliphatic hydroxyl groups is 1. The van der Waals surface area contributed by atoms with Crippen LogP contribution >= 0.6 is 0 Å². The monoisotopic (exact) mass is 279 g/mol. The first-order valence-corrected chi connectivity index (χ1v) is 7.00. The molecule has 0 unspecified atom stereocenters. The van der Waals surface area contributed by atoms with Crippen LogP contribution < -0.4 is 10.1 Å². The summed E-state index contributed by atoms with van der Waals surface area (Å²) < 4.78 is 5.54. The first kappa shape index (κ1) is 16.5. The van der Waals surface area contributed by atoms with Gasteiger partial charge in [-0.05, 0) is 49.9 Å². The first-order valence-electron chi connectivity index (χ1n) is 7.00. The molecule has 0 atom stereocenters. The van der Waals surface area contributed by atoms with Crippen LogP contribution in [0.3, 0.4) is 0 Å². The SMILES string of the molecule is CC(C)Oc1ccc(C(=O)NCC(C)(C)CCO)cc1. The van der Waals surface area contributed by atoms with Crippen molar-refractivity contribution in [1.82, 2.24) is 5.32 Å². The van der Waals surface area contributed by atoms with Crippen LogP contribution in [0.15, 0.2) is 24.3 Å². The number of rotatable bonds is 7. The maximum Gasteiger partial charge on any atom is 0.251 e. The van der Waals surface area contributed by atoms with E-state index in [1.54, 1.807) is 24.3 Å². The number of ether oxygens (including phenoxy) is 1. The van der Waals surface area contributed by atoms with E-state index < -0.39 is 0 Å². The molecule has 2 N–H and O–H groups in total. The number of hydrogen-bond donors (Lipinski definition) is 2. The van der Waals surface area contributed by atoms with Crippen LogP contribution in [-0.4, -0.2) is 30.3 Å². The second kappa shape index (κ2) is 7.29. The molecule has 4 heteroatoms. The number of aliphatic hydroxyl groups excluding tert-OH is 1. The number of benzene rings is 1. The predicted octanol–water partition coefficient (Wildman–Crippen LogP) is 2.61. The molecule has 1 aromatic carbocycles. The van der Waals surface area contributed by atoms with Gasteiger partial charge < -0.3 is 15.2 Å². The number of hydrogen-bond acceptors (Lipinski definition) is 3. The molecule has 0 fully saturated rings.